The van der Waals surface area contributed by atoms with Gasteiger partial charge in [-0.1, -0.05) is 0 Å². The van der Waals surface area contributed by atoms with Crippen LogP contribution < -0.4 is 11.1 Å². The number of carbonyl (C=O) groups is 2. The lowest BCUT2D eigenvalue weighted by Gasteiger charge is -2.34. The molecule has 1 heterocycles. The fourth-order valence-corrected chi connectivity index (χ4v) is 1.66. The van der Waals surface area contributed by atoms with Crippen molar-refractivity contribution in [1.82, 2.24) is 10.2 Å². The maximum Gasteiger partial charge on any atom is 0.242 e. The maximum atomic E-state index is 11.6. The summed E-state index contributed by atoms with van der Waals surface area (Å²) in [6.45, 7) is 2.34. The Morgan fingerprint density at radius 2 is 2.36 bits per heavy atom. The Bertz CT molecular complexity index is 242. The van der Waals surface area contributed by atoms with Gasteiger partial charge < -0.3 is 16.0 Å². The van der Waals surface area contributed by atoms with Gasteiger partial charge in [-0.2, -0.15) is 0 Å². The number of carbonyl (C=O) groups excluding carboxylic acids is 2. The van der Waals surface area contributed by atoms with E-state index in [-0.39, 0.29) is 11.8 Å². The van der Waals surface area contributed by atoms with Crippen molar-refractivity contribution in [3.8, 4) is 0 Å². The molecule has 14 heavy (non-hydrogen) atoms. The van der Waals surface area contributed by atoms with Gasteiger partial charge in [0.25, 0.3) is 0 Å². The highest BCUT2D eigenvalue weighted by Gasteiger charge is 2.31. The van der Waals surface area contributed by atoms with Crippen LogP contribution in [0.4, 0.5) is 0 Å². The molecule has 0 spiro atoms. The monoisotopic (exact) mass is 199 g/mol. The number of amides is 2. The first-order valence-corrected chi connectivity index (χ1v) is 4.85. The first kappa shape index (κ1) is 11.0. The molecule has 5 nitrogen and oxygen atoms in total. The van der Waals surface area contributed by atoms with Crippen molar-refractivity contribution in [2.75, 3.05) is 13.6 Å². The van der Waals surface area contributed by atoms with Crippen LogP contribution in [0.2, 0.25) is 0 Å². The summed E-state index contributed by atoms with van der Waals surface area (Å²) in [5.74, 6) is -0.264. The number of nitrogens with one attached hydrogen (secondary N) is 1. The molecule has 5 heteroatoms. The van der Waals surface area contributed by atoms with Gasteiger partial charge in [-0.15, -0.1) is 0 Å². The van der Waals surface area contributed by atoms with E-state index in [9.17, 15) is 9.59 Å². The lowest BCUT2D eigenvalue weighted by molar-refractivity contribution is -0.142. The van der Waals surface area contributed by atoms with E-state index in [0.717, 1.165) is 12.8 Å². The van der Waals surface area contributed by atoms with Crippen LogP contribution in [0, 0.1) is 0 Å². The molecule has 0 bridgehead atoms. The van der Waals surface area contributed by atoms with Gasteiger partial charge in [-0.25, -0.2) is 0 Å². The zero-order valence-electron chi connectivity index (χ0n) is 8.62. The van der Waals surface area contributed by atoms with Crippen molar-refractivity contribution >= 4 is 11.8 Å². The third-order valence-corrected chi connectivity index (χ3v) is 2.61. The van der Waals surface area contributed by atoms with Crippen LogP contribution in [-0.4, -0.2) is 42.4 Å². The van der Waals surface area contributed by atoms with E-state index in [1.54, 1.807) is 18.9 Å². The Balaban J connectivity index is 2.66. The molecule has 1 saturated heterocycles. The SMILES string of the molecule is CNC(=O)[C@H](C)N1CCC[C@H](N)C1=O. The second kappa shape index (κ2) is 4.41. The van der Waals surface area contributed by atoms with Gasteiger partial charge in [-0.05, 0) is 19.8 Å². The van der Waals surface area contributed by atoms with Crippen molar-refractivity contribution < 1.29 is 9.59 Å². The third-order valence-electron chi connectivity index (χ3n) is 2.61. The Hall–Kier alpha value is -1.10. The molecule has 80 valence electrons. The van der Waals surface area contributed by atoms with Gasteiger partial charge in [0, 0.05) is 13.6 Å². The molecule has 0 aromatic heterocycles. The van der Waals surface area contributed by atoms with Crippen molar-refractivity contribution in [1.29, 1.82) is 0 Å². The molecule has 0 aliphatic carbocycles. The molecule has 0 aromatic carbocycles. The van der Waals surface area contributed by atoms with Crippen LogP contribution >= 0.6 is 0 Å². The van der Waals surface area contributed by atoms with Crippen LogP contribution in [-0.2, 0) is 9.59 Å². The largest absolute Gasteiger partial charge is 0.357 e. The second-order valence-electron chi connectivity index (χ2n) is 3.57. The van der Waals surface area contributed by atoms with E-state index in [0.29, 0.717) is 6.54 Å². The highest BCUT2D eigenvalue weighted by molar-refractivity contribution is 5.89. The summed E-state index contributed by atoms with van der Waals surface area (Å²) in [5.41, 5.74) is 5.63. The van der Waals surface area contributed by atoms with Gasteiger partial charge >= 0.3 is 0 Å². The number of piperidine rings is 1. The normalized spacial score (nSPS) is 24.6. The van der Waals surface area contributed by atoms with Gasteiger partial charge in [0.2, 0.25) is 11.8 Å². The van der Waals surface area contributed by atoms with Gasteiger partial charge in [0.05, 0.1) is 6.04 Å². The van der Waals surface area contributed by atoms with Gasteiger partial charge in [0.1, 0.15) is 6.04 Å². The lowest BCUT2D eigenvalue weighted by Crippen LogP contribution is -2.55. The predicted molar refractivity (Wildman–Crippen MR) is 52.5 cm³/mol. The minimum atomic E-state index is -0.434. The second-order valence-corrected chi connectivity index (χ2v) is 3.57. The van der Waals surface area contributed by atoms with Gasteiger partial charge in [0.15, 0.2) is 0 Å². The maximum absolute atomic E-state index is 11.6. The van der Waals surface area contributed by atoms with E-state index in [2.05, 4.69) is 5.32 Å². The van der Waals surface area contributed by atoms with Crippen LogP contribution in [0.3, 0.4) is 0 Å². The number of rotatable bonds is 2. The first-order valence-electron chi connectivity index (χ1n) is 4.85. The molecule has 1 fully saturated rings. The average molecular weight is 199 g/mol. The number of hydrogen-bond donors (Lipinski definition) is 2. The summed E-state index contributed by atoms with van der Waals surface area (Å²) >= 11 is 0. The molecule has 1 aliphatic heterocycles. The highest BCUT2D eigenvalue weighted by Crippen LogP contribution is 2.13. The minimum absolute atomic E-state index is 0.118. The summed E-state index contributed by atoms with van der Waals surface area (Å²) in [6, 6.07) is -0.852. The average Bonchev–Trinajstić information content (AvgIpc) is 2.20. The number of nitrogens with zero attached hydrogens (tertiary/aromatic N) is 1. The molecule has 1 aliphatic rings. The Labute approximate surface area is 83.6 Å². The van der Waals surface area contributed by atoms with E-state index >= 15 is 0 Å². The molecule has 2 atom stereocenters. The van der Waals surface area contributed by atoms with Gasteiger partial charge in [-0.3, -0.25) is 9.59 Å². The summed E-state index contributed by atoms with van der Waals surface area (Å²) in [5, 5.41) is 2.52. The number of nitrogens with two attached hydrogens (primary N) is 1. The molecular formula is C9H17N3O2. The summed E-state index contributed by atoms with van der Waals surface area (Å²) in [7, 11) is 1.56. The molecule has 0 unspecified atom stereocenters. The zero-order chi connectivity index (χ0) is 10.7. The first-order chi connectivity index (χ1) is 6.57. The van der Waals surface area contributed by atoms with Crippen LogP contribution in [0.15, 0.2) is 0 Å². The summed E-state index contributed by atoms with van der Waals surface area (Å²) in [6.07, 6.45) is 1.59. The topological polar surface area (TPSA) is 75.4 Å². The van der Waals surface area contributed by atoms with Crippen molar-refractivity contribution in [3.63, 3.8) is 0 Å². The molecule has 0 aromatic rings. The fraction of sp³-hybridized carbons (Fsp3) is 0.778. The quantitative estimate of drug-likeness (QED) is 0.603. The third kappa shape index (κ3) is 2.04. The molecule has 0 saturated carbocycles. The Kier molecular flexibility index (Phi) is 3.46. The fourth-order valence-electron chi connectivity index (χ4n) is 1.66. The molecule has 0 radical (unpaired) electrons. The van der Waals surface area contributed by atoms with Crippen LogP contribution in [0.1, 0.15) is 19.8 Å². The Morgan fingerprint density at radius 3 is 2.93 bits per heavy atom. The van der Waals surface area contributed by atoms with E-state index in [1.807, 2.05) is 0 Å². The summed E-state index contributed by atoms with van der Waals surface area (Å²) in [4.78, 5) is 24.5. The number of likely N-dealkylation sites (N-methyl/N-ethyl adjacent to an activating group) is 1. The van der Waals surface area contributed by atoms with E-state index in [4.69, 9.17) is 5.73 Å². The molecule has 1 rings (SSSR count). The number of likely N-dealkylation sites (tertiary alicyclic amines) is 1. The Morgan fingerprint density at radius 1 is 1.71 bits per heavy atom. The van der Waals surface area contributed by atoms with E-state index in [1.165, 1.54) is 0 Å². The van der Waals surface area contributed by atoms with Crippen LogP contribution in [0.5, 0.6) is 0 Å². The highest BCUT2D eigenvalue weighted by atomic mass is 16.2. The van der Waals surface area contributed by atoms with Crippen LogP contribution in [0.25, 0.3) is 0 Å². The zero-order valence-corrected chi connectivity index (χ0v) is 8.62. The number of hydrogen-bond acceptors (Lipinski definition) is 3. The smallest absolute Gasteiger partial charge is 0.242 e. The van der Waals surface area contributed by atoms with E-state index < -0.39 is 12.1 Å². The molecular weight excluding hydrogens is 182 g/mol. The van der Waals surface area contributed by atoms with Crippen molar-refractivity contribution in [2.24, 2.45) is 5.73 Å². The lowest BCUT2D eigenvalue weighted by atomic mass is 10.0. The molecule has 3 N–H and O–H groups in total. The standard InChI is InChI=1S/C9H17N3O2/c1-6(8(13)11-2)12-5-3-4-7(10)9(12)14/h6-7H,3-5,10H2,1-2H3,(H,11,13)/t6-,7-/m0/s1. The van der Waals surface area contributed by atoms with Crippen molar-refractivity contribution in [3.05, 3.63) is 0 Å². The molecule has 2 amide bonds. The summed E-state index contributed by atoms with van der Waals surface area (Å²) < 4.78 is 0. The minimum Gasteiger partial charge on any atom is -0.357 e. The van der Waals surface area contributed by atoms with Crippen molar-refractivity contribution in [2.45, 2.75) is 31.8 Å². The predicted octanol–water partition coefficient (Wildman–Crippen LogP) is -0.929.